The van der Waals surface area contributed by atoms with E-state index in [1.54, 1.807) is 11.9 Å². The summed E-state index contributed by atoms with van der Waals surface area (Å²) in [4.78, 5) is 24.8. The maximum atomic E-state index is 12.8. The normalized spacial score (nSPS) is 14.1. The number of aromatic nitrogens is 3. The minimum atomic E-state index is -0.219. The van der Waals surface area contributed by atoms with Crippen molar-refractivity contribution in [1.82, 2.24) is 19.4 Å². The van der Waals surface area contributed by atoms with E-state index in [9.17, 15) is 9.90 Å². The average Bonchev–Trinajstić information content (AvgIpc) is 2.99. The van der Waals surface area contributed by atoms with E-state index in [1.807, 2.05) is 43.7 Å². The van der Waals surface area contributed by atoms with Crippen LogP contribution in [-0.2, 0) is 6.54 Å². The van der Waals surface area contributed by atoms with E-state index in [-0.39, 0.29) is 18.7 Å². The number of anilines is 1. The van der Waals surface area contributed by atoms with E-state index in [0.29, 0.717) is 37.0 Å². The third kappa shape index (κ3) is 3.73. The lowest BCUT2D eigenvalue weighted by Crippen LogP contribution is -2.45. The third-order valence-electron chi connectivity index (χ3n) is 4.54. The zero-order chi connectivity index (χ0) is 20.4. The topological polar surface area (TPSA) is 83.7 Å². The highest BCUT2D eigenvalue weighted by molar-refractivity contribution is 6.02. The molecule has 1 aliphatic rings. The van der Waals surface area contributed by atoms with Crippen LogP contribution in [0.1, 0.15) is 37.2 Å². The van der Waals surface area contributed by atoms with Crippen LogP contribution in [0, 0.1) is 6.92 Å². The van der Waals surface area contributed by atoms with Crippen molar-refractivity contribution in [3.8, 4) is 6.01 Å². The summed E-state index contributed by atoms with van der Waals surface area (Å²) in [5.74, 6) is 0.519. The number of pyridine rings is 1. The summed E-state index contributed by atoms with van der Waals surface area (Å²) >= 11 is 0. The van der Waals surface area contributed by atoms with Crippen molar-refractivity contribution < 1.29 is 14.6 Å². The van der Waals surface area contributed by atoms with Gasteiger partial charge in [-0.05, 0) is 38.8 Å². The van der Waals surface area contributed by atoms with Crippen LogP contribution in [0.4, 0.5) is 10.6 Å². The van der Waals surface area contributed by atoms with Crippen molar-refractivity contribution in [3.05, 3.63) is 41.9 Å². The van der Waals surface area contributed by atoms with Crippen molar-refractivity contribution in [2.45, 2.75) is 39.8 Å². The Morgan fingerprint density at radius 1 is 1.32 bits per heavy atom. The molecule has 0 unspecified atom stereocenters. The third-order valence-corrected chi connectivity index (χ3v) is 4.54. The molecule has 1 aliphatic heterocycles. The Labute approximate surface area is 165 Å². The van der Waals surface area contributed by atoms with Crippen LogP contribution in [-0.4, -0.2) is 56.9 Å². The van der Waals surface area contributed by atoms with Gasteiger partial charge in [-0.25, -0.2) is 4.79 Å². The van der Waals surface area contributed by atoms with Gasteiger partial charge < -0.3 is 9.84 Å². The summed E-state index contributed by atoms with van der Waals surface area (Å²) in [6.45, 7) is 10.8. The first-order valence-corrected chi connectivity index (χ1v) is 9.37. The van der Waals surface area contributed by atoms with E-state index in [2.05, 4.69) is 16.5 Å². The van der Waals surface area contributed by atoms with Gasteiger partial charge in [-0.15, -0.1) is 0 Å². The van der Waals surface area contributed by atoms with Crippen LogP contribution < -0.4 is 9.64 Å². The highest BCUT2D eigenvalue weighted by Gasteiger charge is 2.36. The number of carbonyl (C=O) groups is 1. The monoisotopic (exact) mass is 385 g/mol. The maximum absolute atomic E-state index is 12.8. The number of carbonyl (C=O) groups excluding carboxylic acids is 1. The van der Waals surface area contributed by atoms with Crippen molar-refractivity contribution in [1.29, 1.82) is 0 Å². The molecule has 1 N–H and O–H groups in total. The van der Waals surface area contributed by atoms with Crippen LogP contribution in [0.25, 0.3) is 5.70 Å². The molecule has 0 saturated carbocycles. The molecule has 0 bridgehead atoms. The molecule has 0 spiro atoms. The molecule has 3 rings (SSSR count). The number of amides is 2. The minimum Gasteiger partial charge on any atom is -0.462 e. The Morgan fingerprint density at radius 2 is 2.07 bits per heavy atom. The van der Waals surface area contributed by atoms with Gasteiger partial charge in [0.15, 0.2) is 5.82 Å². The molecule has 150 valence electrons. The number of fused-ring (bicyclic) bond motifs is 1. The zero-order valence-electron chi connectivity index (χ0n) is 16.8. The highest BCUT2D eigenvalue weighted by Crippen LogP contribution is 2.37. The van der Waals surface area contributed by atoms with E-state index in [1.165, 1.54) is 4.90 Å². The summed E-state index contributed by atoms with van der Waals surface area (Å²) < 4.78 is 7.87. The van der Waals surface area contributed by atoms with Crippen LogP contribution in [0.2, 0.25) is 0 Å². The fourth-order valence-corrected chi connectivity index (χ4v) is 3.14. The average molecular weight is 385 g/mol. The number of urea groups is 1. The highest BCUT2D eigenvalue weighted by atomic mass is 16.5. The lowest BCUT2D eigenvalue weighted by Gasteiger charge is -2.34. The summed E-state index contributed by atoms with van der Waals surface area (Å²) in [6.07, 6.45) is 2.22. The largest absolute Gasteiger partial charge is 0.462 e. The Kier molecular flexibility index (Phi) is 5.69. The quantitative estimate of drug-likeness (QED) is 0.792. The van der Waals surface area contributed by atoms with Gasteiger partial charge in [-0.1, -0.05) is 12.6 Å². The second kappa shape index (κ2) is 8.02. The van der Waals surface area contributed by atoms with Gasteiger partial charge in [-0.3, -0.25) is 19.4 Å². The number of aliphatic hydroxyl groups excluding tert-OH is 1. The molecule has 2 aromatic rings. The number of hydrogen-bond donors (Lipinski definition) is 1. The number of imidazole rings is 1. The Morgan fingerprint density at radius 3 is 2.68 bits per heavy atom. The maximum Gasteiger partial charge on any atom is 0.329 e. The number of rotatable bonds is 7. The summed E-state index contributed by atoms with van der Waals surface area (Å²) in [5.41, 5.74) is 3.22. The SMILES string of the molecule is C=C1c2c(nc(OC(C)C)n2Cc2ccc(C)nc2)N(C)C(=O)N1CCCO. The van der Waals surface area contributed by atoms with Crippen LogP contribution in [0.5, 0.6) is 6.01 Å². The Bertz CT molecular complexity index is 873. The molecule has 2 amide bonds. The predicted molar refractivity (Wildman–Crippen MR) is 107 cm³/mol. The molecule has 28 heavy (non-hydrogen) atoms. The molecule has 0 aromatic carbocycles. The lowest BCUT2D eigenvalue weighted by molar-refractivity contribution is 0.212. The molecule has 0 atom stereocenters. The molecular weight excluding hydrogens is 358 g/mol. The van der Waals surface area contributed by atoms with Crippen molar-refractivity contribution in [2.24, 2.45) is 0 Å². The lowest BCUT2D eigenvalue weighted by atomic mass is 10.2. The van der Waals surface area contributed by atoms with Gasteiger partial charge in [0.1, 0.15) is 5.69 Å². The van der Waals surface area contributed by atoms with Gasteiger partial charge in [-0.2, -0.15) is 4.98 Å². The van der Waals surface area contributed by atoms with Gasteiger partial charge >= 0.3 is 6.03 Å². The Hall–Kier alpha value is -2.87. The van der Waals surface area contributed by atoms with Crippen molar-refractivity contribution >= 4 is 17.5 Å². The van der Waals surface area contributed by atoms with Gasteiger partial charge in [0.05, 0.1) is 18.3 Å². The second-order valence-corrected chi connectivity index (χ2v) is 7.14. The number of aliphatic hydroxyl groups is 1. The molecule has 3 heterocycles. The summed E-state index contributed by atoms with van der Waals surface area (Å²) in [7, 11) is 1.68. The molecule has 0 radical (unpaired) electrons. The molecule has 0 aliphatic carbocycles. The molecule has 8 heteroatoms. The van der Waals surface area contributed by atoms with Crippen LogP contribution >= 0.6 is 0 Å². The standard InChI is InChI=1S/C20H27N5O3/c1-13(2)28-19-22-18-17(25(19)12-16-8-7-14(3)21-11-16)15(4)24(9-6-10-26)20(27)23(18)5/h7-8,11,13,26H,4,6,9-10,12H2,1-3,5H3. The van der Waals surface area contributed by atoms with Crippen LogP contribution in [0.15, 0.2) is 24.9 Å². The summed E-state index contributed by atoms with van der Waals surface area (Å²) in [6, 6.07) is 4.19. The van der Waals surface area contributed by atoms with Gasteiger partial charge in [0.25, 0.3) is 6.01 Å². The van der Waals surface area contributed by atoms with Gasteiger partial charge in [0, 0.05) is 32.1 Å². The van der Waals surface area contributed by atoms with Crippen LogP contribution in [0.3, 0.4) is 0 Å². The first-order valence-electron chi connectivity index (χ1n) is 9.37. The molecule has 2 aromatic heterocycles. The van der Waals surface area contributed by atoms with Crippen molar-refractivity contribution in [3.63, 3.8) is 0 Å². The Balaban J connectivity index is 2.07. The molecule has 0 fully saturated rings. The fourth-order valence-electron chi connectivity index (χ4n) is 3.14. The minimum absolute atomic E-state index is 0.00361. The number of hydrogen-bond acceptors (Lipinski definition) is 5. The first kappa shape index (κ1) is 19.9. The molecular formula is C20H27N5O3. The molecule has 0 saturated heterocycles. The number of ether oxygens (including phenoxy) is 1. The zero-order valence-corrected chi connectivity index (χ0v) is 16.8. The number of aryl methyl sites for hydroxylation is 1. The van der Waals surface area contributed by atoms with Crippen molar-refractivity contribution in [2.75, 3.05) is 25.1 Å². The van der Waals surface area contributed by atoms with E-state index >= 15 is 0 Å². The van der Waals surface area contributed by atoms with E-state index in [0.717, 1.165) is 17.0 Å². The smallest absolute Gasteiger partial charge is 0.329 e. The fraction of sp³-hybridized carbons (Fsp3) is 0.450. The van der Waals surface area contributed by atoms with E-state index < -0.39 is 0 Å². The number of nitrogens with zero attached hydrogens (tertiary/aromatic N) is 5. The second-order valence-electron chi connectivity index (χ2n) is 7.14. The molecule has 8 nitrogen and oxygen atoms in total. The first-order chi connectivity index (χ1) is 13.3. The summed E-state index contributed by atoms with van der Waals surface area (Å²) in [5, 5.41) is 9.18. The van der Waals surface area contributed by atoms with E-state index in [4.69, 9.17) is 4.74 Å². The predicted octanol–water partition coefficient (Wildman–Crippen LogP) is 2.65. The van der Waals surface area contributed by atoms with Gasteiger partial charge in [0.2, 0.25) is 0 Å².